The summed E-state index contributed by atoms with van der Waals surface area (Å²) < 4.78 is 5.65. The first-order chi connectivity index (χ1) is 9.11. The second-order valence-corrected chi connectivity index (χ2v) is 5.00. The highest BCUT2D eigenvalue weighted by molar-refractivity contribution is 5.90. The van der Waals surface area contributed by atoms with Gasteiger partial charge >= 0.3 is 0 Å². The van der Waals surface area contributed by atoms with Gasteiger partial charge in [0, 0.05) is 18.2 Å². The van der Waals surface area contributed by atoms with Crippen molar-refractivity contribution in [1.82, 2.24) is 0 Å². The zero-order valence-electron chi connectivity index (χ0n) is 11.8. The predicted octanol–water partition coefficient (Wildman–Crippen LogP) is 2.79. The Morgan fingerprint density at radius 1 is 1.42 bits per heavy atom. The molecule has 1 aromatic rings. The highest BCUT2D eigenvalue weighted by Crippen LogP contribution is 2.18. The summed E-state index contributed by atoms with van der Waals surface area (Å²) in [5.41, 5.74) is 6.14. The van der Waals surface area contributed by atoms with E-state index in [2.05, 4.69) is 19.2 Å². The van der Waals surface area contributed by atoms with Crippen molar-refractivity contribution in [2.45, 2.75) is 33.1 Å². The smallest absolute Gasteiger partial charge is 0.224 e. The molecule has 106 valence electrons. The van der Waals surface area contributed by atoms with Crippen molar-refractivity contribution in [3.05, 3.63) is 24.3 Å². The topological polar surface area (TPSA) is 64.3 Å². The van der Waals surface area contributed by atoms with E-state index in [1.54, 1.807) is 0 Å². The second kappa shape index (κ2) is 8.53. The fourth-order valence-electron chi connectivity index (χ4n) is 1.56. The van der Waals surface area contributed by atoms with Crippen molar-refractivity contribution in [2.75, 3.05) is 18.5 Å². The molecule has 0 saturated carbocycles. The van der Waals surface area contributed by atoms with Crippen LogP contribution in [-0.2, 0) is 4.79 Å². The number of hydrogen-bond donors (Lipinski definition) is 2. The van der Waals surface area contributed by atoms with Gasteiger partial charge in [0.2, 0.25) is 5.91 Å². The lowest BCUT2D eigenvalue weighted by atomic mass is 10.1. The highest BCUT2D eigenvalue weighted by atomic mass is 16.5. The zero-order valence-corrected chi connectivity index (χ0v) is 11.8. The molecule has 4 heteroatoms. The molecule has 0 saturated heterocycles. The third kappa shape index (κ3) is 6.82. The van der Waals surface area contributed by atoms with Gasteiger partial charge in [0.1, 0.15) is 5.75 Å². The van der Waals surface area contributed by atoms with Gasteiger partial charge in [-0.15, -0.1) is 0 Å². The van der Waals surface area contributed by atoms with E-state index in [0.29, 0.717) is 31.9 Å². The molecular formula is C15H24N2O2. The van der Waals surface area contributed by atoms with Crippen molar-refractivity contribution < 1.29 is 9.53 Å². The average Bonchev–Trinajstić information content (AvgIpc) is 2.36. The van der Waals surface area contributed by atoms with Gasteiger partial charge < -0.3 is 15.8 Å². The largest absolute Gasteiger partial charge is 0.494 e. The Labute approximate surface area is 115 Å². The van der Waals surface area contributed by atoms with E-state index < -0.39 is 0 Å². The van der Waals surface area contributed by atoms with E-state index in [0.717, 1.165) is 17.9 Å². The number of nitrogens with one attached hydrogen (secondary N) is 1. The molecule has 0 aliphatic carbocycles. The van der Waals surface area contributed by atoms with Gasteiger partial charge in [-0.25, -0.2) is 0 Å². The van der Waals surface area contributed by atoms with Crippen LogP contribution in [0.5, 0.6) is 5.75 Å². The van der Waals surface area contributed by atoms with Crippen molar-refractivity contribution in [3.8, 4) is 5.75 Å². The Kier molecular flexibility index (Phi) is 6.97. The van der Waals surface area contributed by atoms with E-state index >= 15 is 0 Å². The average molecular weight is 264 g/mol. The molecule has 4 nitrogen and oxygen atoms in total. The number of amides is 1. The van der Waals surface area contributed by atoms with E-state index in [9.17, 15) is 4.79 Å². The van der Waals surface area contributed by atoms with E-state index in [1.807, 2.05) is 24.3 Å². The summed E-state index contributed by atoms with van der Waals surface area (Å²) in [4.78, 5) is 11.6. The molecule has 0 radical (unpaired) electrons. The van der Waals surface area contributed by atoms with Crippen LogP contribution in [0.3, 0.4) is 0 Å². The van der Waals surface area contributed by atoms with E-state index in [-0.39, 0.29) is 5.91 Å². The summed E-state index contributed by atoms with van der Waals surface area (Å²) in [7, 11) is 0. The standard InChI is InChI=1S/C15H24N2O2/c1-12(2)8-10-19-14-6-3-5-13(11-14)17-15(18)7-4-9-16/h3,5-6,11-12H,4,7-10,16H2,1-2H3,(H,17,18). The van der Waals surface area contributed by atoms with Gasteiger partial charge in [-0.2, -0.15) is 0 Å². The Balaban J connectivity index is 2.45. The molecule has 0 heterocycles. The molecule has 19 heavy (non-hydrogen) atoms. The molecule has 1 amide bonds. The number of carbonyl (C=O) groups is 1. The maximum atomic E-state index is 11.6. The lowest BCUT2D eigenvalue weighted by Gasteiger charge is -2.10. The van der Waals surface area contributed by atoms with Gasteiger partial charge in [-0.3, -0.25) is 4.79 Å². The fourth-order valence-corrected chi connectivity index (χ4v) is 1.56. The molecule has 0 atom stereocenters. The number of benzene rings is 1. The maximum absolute atomic E-state index is 11.6. The van der Waals surface area contributed by atoms with Crippen molar-refractivity contribution >= 4 is 11.6 Å². The molecule has 0 aliphatic heterocycles. The Morgan fingerprint density at radius 3 is 2.89 bits per heavy atom. The van der Waals surface area contributed by atoms with E-state index in [4.69, 9.17) is 10.5 Å². The number of carbonyl (C=O) groups excluding carboxylic acids is 1. The summed E-state index contributed by atoms with van der Waals surface area (Å²) in [6.07, 6.45) is 2.18. The minimum atomic E-state index is -0.00946. The fraction of sp³-hybridized carbons (Fsp3) is 0.533. The molecule has 0 bridgehead atoms. The summed E-state index contributed by atoms with van der Waals surface area (Å²) in [5, 5.41) is 2.84. The third-order valence-electron chi connectivity index (χ3n) is 2.69. The van der Waals surface area contributed by atoms with Gasteiger partial charge in [0.25, 0.3) is 0 Å². The third-order valence-corrected chi connectivity index (χ3v) is 2.69. The van der Waals surface area contributed by atoms with Gasteiger partial charge in [0.05, 0.1) is 6.61 Å². The number of anilines is 1. The summed E-state index contributed by atoms with van der Waals surface area (Å²) >= 11 is 0. The molecular weight excluding hydrogens is 240 g/mol. The van der Waals surface area contributed by atoms with Crippen LogP contribution in [0.25, 0.3) is 0 Å². The lowest BCUT2D eigenvalue weighted by Crippen LogP contribution is -2.13. The minimum Gasteiger partial charge on any atom is -0.494 e. The summed E-state index contributed by atoms with van der Waals surface area (Å²) in [5.74, 6) is 1.40. The first kappa shape index (κ1) is 15.5. The van der Waals surface area contributed by atoms with Crippen LogP contribution < -0.4 is 15.8 Å². The van der Waals surface area contributed by atoms with Crippen LogP contribution in [0, 0.1) is 5.92 Å². The summed E-state index contributed by atoms with van der Waals surface area (Å²) in [6, 6.07) is 7.48. The van der Waals surface area contributed by atoms with Crippen molar-refractivity contribution in [2.24, 2.45) is 11.7 Å². The van der Waals surface area contributed by atoms with Crippen LogP contribution in [0.2, 0.25) is 0 Å². The Hall–Kier alpha value is -1.55. The van der Waals surface area contributed by atoms with E-state index in [1.165, 1.54) is 0 Å². The first-order valence-corrected chi connectivity index (χ1v) is 6.84. The molecule has 3 N–H and O–H groups in total. The Morgan fingerprint density at radius 2 is 2.21 bits per heavy atom. The number of nitrogens with two attached hydrogens (primary N) is 1. The van der Waals surface area contributed by atoms with Gasteiger partial charge in [0.15, 0.2) is 0 Å². The SMILES string of the molecule is CC(C)CCOc1cccc(NC(=O)CCCN)c1. The van der Waals surface area contributed by atoms with Crippen LogP contribution >= 0.6 is 0 Å². The minimum absolute atomic E-state index is 0.00946. The van der Waals surface area contributed by atoms with Crippen LogP contribution in [0.15, 0.2) is 24.3 Å². The number of ether oxygens (including phenoxy) is 1. The van der Waals surface area contributed by atoms with Crippen LogP contribution in [0.4, 0.5) is 5.69 Å². The van der Waals surface area contributed by atoms with Gasteiger partial charge in [-0.05, 0) is 37.4 Å². The molecule has 0 spiro atoms. The van der Waals surface area contributed by atoms with Crippen molar-refractivity contribution in [1.29, 1.82) is 0 Å². The normalized spacial score (nSPS) is 10.5. The monoisotopic (exact) mass is 264 g/mol. The number of rotatable bonds is 8. The molecule has 0 aliphatic rings. The van der Waals surface area contributed by atoms with Gasteiger partial charge in [-0.1, -0.05) is 19.9 Å². The number of hydrogen-bond acceptors (Lipinski definition) is 3. The molecule has 1 rings (SSSR count). The molecule has 1 aromatic carbocycles. The first-order valence-electron chi connectivity index (χ1n) is 6.84. The molecule has 0 fully saturated rings. The second-order valence-electron chi connectivity index (χ2n) is 5.00. The highest BCUT2D eigenvalue weighted by Gasteiger charge is 2.03. The molecule has 0 aromatic heterocycles. The van der Waals surface area contributed by atoms with Crippen LogP contribution in [0.1, 0.15) is 33.1 Å². The lowest BCUT2D eigenvalue weighted by molar-refractivity contribution is -0.116. The predicted molar refractivity (Wildman–Crippen MR) is 78.3 cm³/mol. The zero-order chi connectivity index (χ0) is 14.1. The quantitative estimate of drug-likeness (QED) is 0.759. The maximum Gasteiger partial charge on any atom is 0.224 e. The molecule has 0 unspecified atom stereocenters. The summed E-state index contributed by atoms with van der Waals surface area (Å²) in [6.45, 7) is 5.56. The van der Waals surface area contributed by atoms with Crippen LogP contribution in [-0.4, -0.2) is 19.1 Å². The van der Waals surface area contributed by atoms with Crippen molar-refractivity contribution in [3.63, 3.8) is 0 Å². The Bertz CT molecular complexity index is 391.